The van der Waals surface area contributed by atoms with Crippen molar-refractivity contribution in [2.45, 2.75) is 19.3 Å². The topological polar surface area (TPSA) is 95.5 Å². The molecule has 3 N–H and O–H groups in total. The second-order valence-corrected chi connectivity index (χ2v) is 5.21. The maximum absolute atomic E-state index is 12.0. The largest absolute Gasteiger partial charge is 0.481 e. The van der Waals surface area contributed by atoms with E-state index in [-0.39, 0.29) is 11.8 Å². The molecule has 6 heteroatoms. The van der Waals surface area contributed by atoms with E-state index in [0.717, 1.165) is 11.3 Å². The first kappa shape index (κ1) is 12.7. The molecule has 6 nitrogen and oxygen atoms in total. The van der Waals surface area contributed by atoms with Crippen molar-refractivity contribution in [1.82, 2.24) is 0 Å². The van der Waals surface area contributed by atoms with E-state index in [1.807, 2.05) is 0 Å². The van der Waals surface area contributed by atoms with Gasteiger partial charge in [0, 0.05) is 11.4 Å². The van der Waals surface area contributed by atoms with Crippen LogP contribution in [0, 0.1) is 11.8 Å². The number of carbonyl (C=O) groups excluding carboxylic acids is 2. The molecule has 1 aromatic carbocycles. The van der Waals surface area contributed by atoms with Gasteiger partial charge in [-0.05, 0) is 36.6 Å². The predicted molar refractivity (Wildman–Crippen MR) is 71.3 cm³/mol. The van der Waals surface area contributed by atoms with Crippen molar-refractivity contribution in [3.05, 3.63) is 23.8 Å². The highest BCUT2D eigenvalue weighted by Crippen LogP contribution is 2.35. The lowest BCUT2D eigenvalue weighted by molar-refractivity contribution is -0.151. The molecule has 1 aromatic rings. The summed E-state index contributed by atoms with van der Waals surface area (Å²) in [6, 6.07) is 5.20. The van der Waals surface area contributed by atoms with Gasteiger partial charge in [-0.15, -0.1) is 0 Å². The number of hydrogen-bond donors (Lipinski definition) is 3. The van der Waals surface area contributed by atoms with Crippen LogP contribution in [0.3, 0.4) is 0 Å². The molecule has 0 spiro atoms. The van der Waals surface area contributed by atoms with Crippen molar-refractivity contribution in [1.29, 1.82) is 0 Å². The van der Waals surface area contributed by atoms with Crippen molar-refractivity contribution in [2.75, 3.05) is 10.6 Å². The molecular weight excluding hydrogens is 260 g/mol. The van der Waals surface area contributed by atoms with Gasteiger partial charge in [0.1, 0.15) is 0 Å². The minimum absolute atomic E-state index is 0.0617. The number of carbonyl (C=O) groups is 3. The van der Waals surface area contributed by atoms with Gasteiger partial charge in [-0.3, -0.25) is 14.4 Å². The lowest BCUT2D eigenvalue weighted by atomic mass is 9.73. The van der Waals surface area contributed by atoms with Gasteiger partial charge in [0.05, 0.1) is 18.3 Å². The number of hydrogen-bond acceptors (Lipinski definition) is 3. The molecule has 104 valence electrons. The van der Waals surface area contributed by atoms with Crippen LogP contribution in [0.4, 0.5) is 11.4 Å². The first-order chi connectivity index (χ1) is 9.54. The second kappa shape index (κ2) is 4.63. The normalized spacial score (nSPS) is 23.5. The zero-order valence-corrected chi connectivity index (χ0v) is 10.7. The van der Waals surface area contributed by atoms with Crippen molar-refractivity contribution < 1.29 is 19.5 Å². The second-order valence-electron chi connectivity index (χ2n) is 5.21. The highest BCUT2D eigenvalue weighted by atomic mass is 16.4. The minimum atomic E-state index is -0.917. The summed E-state index contributed by atoms with van der Waals surface area (Å²) in [4.78, 5) is 34.2. The molecule has 2 aliphatic rings. The van der Waals surface area contributed by atoms with Gasteiger partial charge in [0.2, 0.25) is 11.8 Å². The first-order valence-electron chi connectivity index (χ1n) is 6.51. The van der Waals surface area contributed by atoms with E-state index in [1.165, 1.54) is 0 Å². The SMILES string of the molecule is O=C1Cc2cc(NC(=O)C3CCC3C(=O)O)ccc2N1. The van der Waals surface area contributed by atoms with E-state index in [2.05, 4.69) is 10.6 Å². The Hall–Kier alpha value is -2.37. The van der Waals surface area contributed by atoms with Gasteiger partial charge < -0.3 is 15.7 Å². The maximum Gasteiger partial charge on any atom is 0.307 e. The minimum Gasteiger partial charge on any atom is -0.481 e. The van der Waals surface area contributed by atoms with Crippen molar-refractivity contribution >= 4 is 29.2 Å². The summed E-state index contributed by atoms with van der Waals surface area (Å²) in [5.41, 5.74) is 2.21. The molecule has 0 bridgehead atoms. The van der Waals surface area contributed by atoms with Gasteiger partial charge >= 0.3 is 5.97 Å². The highest BCUT2D eigenvalue weighted by Gasteiger charge is 2.41. The number of aliphatic carboxylic acids is 1. The Morgan fingerprint density at radius 1 is 1.25 bits per heavy atom. The molecule has 1 aliphatic heterocycles. The number of nitrogens with one attached hydrogen (secondary N) is 2. The fourth-order valence-electron chi connectivity index (χ4n) is 2.65. The average Bonchev–Trinajstić information content (AvgIpc) is 2.65. The van der Waals surface area contributed by atoms with E-state index in [0.29, 0.717) is 24.9 Å². The van der Waals surface area contributed by atoms with Gasteiger partial charge in [-0.2, -0.15) is 0 Å². The third-order valence-corrected chi connectivity index (χ3v) is 3.93. The molecule has 1 fully saturated rings. The first-order valence-corrected chi connectivity index (χ1v) is 6.51. The molecule has 3 rings (SSSR count). The van der Waals surface area contributed by atoms with E-state index in [9.17, 15) is 14.4 Å². The van der Waals surface area contributed by atoms with Crippen molar-refractivity contribution in [3.8, 4) is 0 Å². The van der Waals surface area contributed by atoms with E-state index in [1.54, 1.807) is 18.2 Å². The molecular formula is C14H14N2O4. The van der Waals surface area contributed by atoms with Crippen LogP contribution in [-0.2, 0) is 20.8 Å². The molecule has 0 saturated heterocycles. The molecule has 0 aromatic heterocycles. The lowest BCUT2D eigenvalue weighted by Gasteiger charge is -2.31. The molecule has 1 heterocycles. The zero-order chi connectivity index (χ0) is 14.3. The Kier molecular flexibility index (Phi) is 2.93. The smallest absolute Gasteiger partial charge is 0.307 e. The molecule has 2 unspecified atom stereocenters. The third-order valence-electron chi connectivity index (χ3n) is 3.93. The number of amides is 2. The summed E-state index contributed by atoms with van der Waals surface area (Å²) in [7, 11) is 0. The number of benzene rings is 1. The third kappa shape index (κ3) is 2.13. The Bertz CT molecular complexity index is 611. The fourth-order valence-corrected chi connectivity index (χ4v) is 2.65. The van der Waals surface area contributed by atoms with Crippen molar-refractivity contribution in [3.63, 3.8) is 0 Å². The van der Waals surface area contributed by atoms with Crippen LogP contribution in [-0.4, -0.2) is 22.9 Å². The molecule has 2 atom stereocenters. The average molecular weight is 274 g/mol. The Balaban J connectivity index is 1.70. The van der Waals surface area contributed by atoms with Crippen LogP contribution in [0.25, 0.3) is 0 Å². The number of rotatable bonds is 3. The predicted octanol–water partition coefficient (Wildman–Crippen LogP) is 1.23. The van der Waals surface area contributed by atoms with Gasteiger partial charge in [0.15, 0.2) is 0 Å². The summed E-state index contributed by atoms with van der Waals surface area (Å²) in [6.07, 6.45) is 1.46. The van der Waals surface area contributed by atoms with Gasteiger partial charge in [0.25, 0.3) is 0 Å². The quantitative estimate of drug-likeness (QED) is 0.772. The van der Waals surface area contributed by atoms with Crippen LogP contribution >= 0.6 is 0 Å². The van der Waals surface area contributed by atoms with Crippen LogP contribution in [0.5, 0.6) is 0 Å². The lowest BCUT2D eigenvalue weighted by Crippen LogP contribution is -2.41. The molecule has 2 amide bonds. The highest BCUT2D eigenvalue weighted by molar-refractivity contribution is 6.01. The Morgan fingerprint density at radius 2 is 2.00 bits per heavy atom. The van der Waals surface area contributed by atoms with Crippen molar-refractivity contribution in [2.24, 2.45) is 11.8 Å². The molecule has 1 saturated carbocycles. The summed E-state index contributed by atoms with van der Waals surface area (Å²) in [6.45, 7) is 0. The summed E-state index contributed by atoms with van der Waals surface area (Å²) in [5, 5.41) is 14.4. The molecule has 1 aliphatic carbocycles. The van der Waals surface area contributed by atoms with Crippen LogP contribution in [0.2, 0.25) is 0 Å². The summed E-state index contributed by atoms with van der Waals surface area (Å²) >= 11 is 0. The maximum atomic E-state index is 12.0. The molecule has 20 heavy (non-hydrogen) atoms. The van der Waals surface area contributed by atoms with E-state index >= 15 is 0 Å². The van der Waals surface area contributed by atoms with E-state index in [4.69, 9.17) is 5.11 Å². The van der Waals surface area contributed by atoms with Gasteiger partial charge in [-0.1, -0.05) is 0 Å². The number of carboxylic acid groups (broad SMARTS) is 1. The number of anilines is 2. The standard InChI is InChI=1S/C14H14N2O4/c17-12-6-7-5-8(1-4-11(7)16-12)15-13(18)9-2-3-10(9)14(19)20/h1,4-5,9-10H,2-3,6H2,(H,15,18)(H,16,17)(H,19,20). The van der Waals surface area contributed by atoms with Gasteiger partial charge in [-0.25, -0.2) is 0 Å². The Labute approximate surface area is 115 Å². The van der Waals surface area contributed by atoms with Crippen LogP contribution in [0.15, 0.2) is 18.2 Å². The molecule has 0 radical (unpaired) electrons. The number of fused-ring (bicyclic) bond motifs is 1. The van der Waals surface area contributed by atoms with Crippen LogP contribution < -0.4 is 10.6 Å². The summed E-state index contributed by atoms with van der Waals surface area (Å²) < 4.78 is 0. The zero-order valence-electron chi connectivity index (χ0n) is 10.7. The fraction of sp³-hybridized carbons (Fsp3) is 0.357. The summed E-state index contributed by atoms with van der Waals surface area (Å²) in [5.74, 6) is -2.28. The monoisotopic (exact) mass is 274 g/mol. The van der Waals surface area contributed by atoms with Crippen LogP contribution in [0.1, 0.15) is 18.4 Å². The Morgan fingerprint density at radius 3 is 2.65 bits per heavy atom. The van der Waals surface area contributed by atoms with E-state index < -0.39 is 17.8 Å². The number of carboxylic acids is 1.